The normalized spacial score (nSPS) is 11.0. The number of hydrogen-bond acceptors (Lipinski definition) is 5. The molecular weight excluding hydrogens is 526 g/mol. The number of nitrogens with one attached hydrogen (secondary N) is 2. The molecule has 3 aromatic carbocycles. The quantitative estimate of drug-likeness (QED) is 0.171. The molecule has 6 nitrogen and oxygen atoms in total. The highest BCUT2D eigenvalue weighted by Crippen LogP contribution is 2.22. The van der Waals surface area contributed by atoms with Gasteiger partial charge in [-0.15, -0.1) is 0 Å². The number of halogens is 1. The minimum atomic E-state index is -0.433. The van der Waals surface area contributed by atoms with Crippen LogP contribution in [0.5, 0.6) is 0 Å². The summed E-state index contributed by atoms with van der Waals surface area (Å²) in [5.41, 5.74) is 8.04. The molecule has 0 unspecified atom stereocenters. The fraction of sp³-hybridized carbons (Fsp3) is 0.222. The van der Waals surface area contributed by atoms with E-state index in [0.717, 1.165) is 34.6 Å². The van der Waals surface area contributed by atoms with Crippen LogP contribution in [0.25, 0.3) is 0 Å². The summed E-state index contributed by atoms with van der Waals surface area (Å²) in [5, 5.41) is 15.8. The van der Waals surface area contributed by atoms with Crippen molar-refractivity contribution in [1.82, 2.24) is 5.43 Å². The third kappa shape index (κ3) is 8.06. The van der Waals surface area contributed by atoms with Crippen LogP contribution in [0.15, 0.2) is 70.2 Å². The molecule has 8 heteroatoms. The highest BCUT2D eigenvalue weighted by Gasteiger charge is 2.15. The molecule has 2 amide bonds. The Kier molecular flexibility index (Phi) is 10.1. The second kappa shape index (κ2) is 13.2. The van der Waals surface area contributed by atoms with Gasteiger partial charge < -0.3 is 10.4 Å². The molecule has 0 aliphatic carbocycles. The number of hydrogen-bond donors (Lipinski definition) is 3. The number of aliphatic hydroxyl groups is 1. The average molecular weight is 555 g/mol. The van der Waals surface area contributed by atoms with Crippen molar-refractivity contribution >= 4 is 51.4 Å². The average Bonchev–Trinajstić information content (AvgIpc) is 2.85. The number of thioether (sulfide) groups is 1. The standard InChI is InChI=1S/C27H28BrN3O3S/c1-18-4-5-21(14-19(18)2)16-29-31-27(34)24-15-23(28)10-11-25(24)30-26(33)22-8-6-20(7-9-22)17-35-13-3-12-32/h4-11,14-16,32H,3,12-13,17H2,1-2H3,(H,30,33)(H,31,34). The first-order valence-corrected chi connectivity index (χ1v) is 13.1. The Morgan fingerprint density at radius 1 is 1.00 bits per heavy atom. The minimum absolute atomic E-state index is 0.195. The van der Waals surface area contributed by atoms with E-state index in [1.54, 1.807) is 48.3 Å². The number of benzene rings is 3. The summed E-state index contributed by atoms with van der Waals surface area (Å²) in [6.07, 6.45) is 2.36. The maximum Gasteiger partial charge on any atom is 0.273 e. The monoisotopic (exact) mass is 553 g/mol. The van der Waals surface area contributed by atoms with Gasteiger partial charge in [0.1, 0.15) is 0 Å². The fourth-order valence-corrected chi connectivity index (χ4v) is 4.45. The van der Waals surface area contributed by atoms with Crippen LogP contribution in [0, 0.1) is 13.8 Å². The Labute approximate surface area is 218 Å². The summed E-state index contributed by atoms with van der Waals surface area (Å²) in [7, 11) is 0. The van der Waals surface area contributed by atoms with Gasteiger partial charge in [0.15, 0.2) is 0 Å². The molecule has 182 valence electrons. The Morgan fingerprint density at radius 2 is 1.77 bits per heavy atom. The predicted molar refractivity (Wildman–Crippen MR) is 147 cm³/mol. The van der Waals surface area contributed by atoms with Crippen molar-refractivity contribution in [3.8, 4) is 0 Å². The van der Waals surface area contributed by atoms with E-state index in [1.807, 2.05) is 44.2 Å². The van der Waals surface area contributed by atoms with Crippen molar-refractivity contribution in [3.05, 3.63) is 98.5 Å². The van der Waals surface area contributed by atoms with Crippen molar-refractivity contribution in [1.29, 1.82) is 0 Å². The topological polar surface area (TPSA) is 90.8 Å². The Balaban J connectivity index is 1.66. The number of nitrogens with zero attached hydrogens (tertiary/aromatic N) is 1. The van der Waals surface area contributed by atoms with E-state index in [-0.39, 0.29) is 12.5 Å². The van der Waals surface area contributed by atoms with Crippen molar-refractivity contribution in [2.24, 2.45) is 5.10 Å². The Bertz CT molecular complexity index is 1210. The van der Waals surface area contributed by atoms with Crippen LogP contribution >= 0.6 is 27.7 Å². The van der Waals surface area contributed by atoms with E-state index < -0.39 is 5.91 Å². The summed E-state index contributed by atoms with van der Waals surface area (Å²) in [4.78, 5) is 25.6. The number of aliphatic hydroxyl groups excluding tert-OH is 1. The first-order valence-electron chi connectivity index (χ1n) is 11.2. The predicted octanol–water partition coefficient (Wildman–Crippen LogP) is 5.70. The molecular formula is C27H28BrN3O3S. The van der Waals surface area contributed by atoms with Gasteiger partial charge in [0, 0.05) is 22.4 Å². The lowest BCUT2D eigenvalue weighted by Crippen LogP contribution is -2.21. The lowest BCUT2D eigenvalue weighted by atomic mass is 10.1. The highest BCUT2D eigenvalue weighted by molar-refractivity contribution is 9.10. The van der Waals surface area contributed by atoms with Crippen LogP contribution in [0.3, 0.4) is 0 Å². The fourth-order valence-electron chi connectivity index (χ4n) is 3.19. The van der Waals surface area contributed by atoms with Gasteiger partial charge in [-0.1, -0.05) is 46.3 Å². The van der Waals surface area contributed by atoms with Gasteiger partial charge in [0.25, 0.3) is 11.8 Å². The second-order valence-electron chi connectivity index (χ2n) is 8.01. The maximum atomic E-state index is 12.8. The third-order valence-electron chi connectivity index (χ3n) is 5.32. The molecule has 35 heavy (non-hydrogen) atoms. The smallest absolute Gasteiger partial charge is 0.273 e. The molecule has 0 heterocycles. The zero-order valence-electron chi connectivity index (χ0n) is 19.7. The van der Waals surface area contributed by atoms with Gasteiger partial charge in [-0.05, 0) is 78.6 Å². The molecule has 0 aromatic heterocycles. The number of carbonyl (C=O) groups is 2. The van der Waals surface area contributed by atoms with Crippen molar-refractivity contribution in [3.63, 3.8) is 0 Å². The molecule has 3 aromatic rings. The maximum absolute atomic E-state index is 12.8. The molecule has 0 atom stereocenters. The van der Waals surface area contributed by atoms with Crippen molar-refractivity contribution < 1.29 is 14.7 Å². The molecule has 0 saturated heterocycles. The molecule has 0 aliphatic heterocycles. The number of carbonyl (C=O) groups excluding carboxylic acids is 2. The summed E-state index contributed by atoms with van der Waals surface area (Å²) in [6.45, 7) is 4.25. The number of amides is 2. The Morgan fingerprint density at radius 3 is 2.49 bits per heavy atom. The van der Waals surface area contributed by atoms with E-state index in [1.165, 1.54) is 5.56 Å². The largest absolute Gasteiger partial charge is 0.396 e. The van der Waals surface area contributed by atoms with Gasteiger partial charge in [0.2, 0.25) is 0 Å². The van der Waals surface area contributed by atoms with Crippen LogP contribution in [0.2, 0.25) is 0 Å². The first kappa shape index (κ1) is 26.7. The summed E-state index contributed by atoms with van der Waals surface area (Å²) < 4.78 is 0.710. The first-order chi connectivity index (χ1) is 16.9. The second-order valence-corrected chi connectivity index (χ2v) is 10.0. The molecule has 3 rings (SSSR count). The summed E-state index contributed by atoms with van der Waals surface area (Å²) in [6, 6.07) is 18.4. The molecule has 0 fully saturated rings. The van der Waals surface area contributed by atoms with Gasteiger partial charge in [-0.3, -0.25) is 9.59 Å². The molecule has 0 aliphatic rings. The third-order valence-corrected chi connectivity index (χ3v) is 6.92. The lowest BCUT2D eigenvalue weighted by molar-refractivity contribution is 0.0956. The van der Waals surface area contributed by atoms with Gasteiger partial charge >= 0.3 is 0 Å². The molecule has 0 spiro atoms. The van der Waals surface area contributed by atoms with Crippen LogP contribution in [0.1, 0.15) is 49.4 Å². The van der Waals surface area contributed by atoms with E-state index in [2.05, 4.69) is 31.8 Å². The lowest BCUT2D eigenvalue weighted by Gasteiger charge is -2.11. The van der Waals surface area contributed by atoms with Crippen LogP contribution in [0.4, 0.5) is 5.69 Å². The Hall–Kier alpha value is -2.94. The van der Waals surface area contributed by atoms with Crippen molar-refractivity contribution in [2.75, 3.05) is 17.7 Å². The van der Waals surface area contributed by atoms with Crippen LogP contribution in [-0.2, 0) is 5.75 Å². The molecule has 0 radical (unpaired) electrons. The van der Waals surface area contributed by atoms with Gasteiger partial charge in [-0.25, -0.2) is 5.43 Å². The minimum Gasteiger partial charge on any atom is -0.396 e. The number of anilines is 1. The zero-order chi connectivity index (χ0) is 25.2. The van der Waals surface area contributed by atoms with Gasteiger partial charge in [0.05, 0.1) is 17.5 Å². The summed E-state index contributed by atoms with van der Waals surface area (Å²) >= 11 is 5.13. The van der Waals surface area contributed by atoms with Gasteiger partial charge in [-0.2, -0.15) is 16.9 Å². The van der Waals surface area contributed by atoms with E-state index in [9.17, 15) is 9.59 Å². The van der Waals surface area contributed by atoms with Crippen LogP contribution in [-0.4, -0.2) is 35.5 Å². The molecule has 0 saturated carbocycles. The van der Waals surface area contributed by atoms with E-state index in [0.29, 0.717) is 21.3 Å². The molecule has 3 N–H and O–H groups in total. The zero-order valence-corrected chi connectivity index (χ0v) is 22.1. The van der Waals surface area contributed by atoms with Crippen molar-refractivity contribution in [2.45, 2.75) is 26.0 Å². The van der Waals surface area contributed by atoms with Crippen LogP contribution < -0.4 is 10.7 Å². The molecule has 0 bridgehead atoms. The summed E-state index contributed by atoms with van der Waals surface area (Å²) in [5.74, 6) is 0.972. The van der Waals surface area contributed by atoms with E-state index in [4.69, 9.17) is 5.11 Å². The van der Waals surface area contributed by atoms with E-state index >= 15 is 0 Å². The number of aryl methyl sites for hydroxylation is 2. The SMILES string of the molecule is Cc1ccc(C=NNC(=O)c2cc(Br)ccc2NC(=O)c2ccc(CSCCCO)cc2)cc1C. The highest BCUT2D eigenvalue weighted by atomic mass is 79.9. The number of rotatable bonds is 10. The number of hydrazone groups is 1.